The molecule has 2 rings (SSSR count). The van der Waals surface area contributed by atoms with Gasteiger partial charge in [-0.15, -0.1) is 11.3 Å². The number of carbonyl (C=O) groups is 3. The van der Waals surface area contributed by atoms with Crippen molar-refractivity contribution >= 4 is 45.1 Å². The largest absolute Gasteiger partial charge is 0.480 e. The van der Waals surface area contributed by atoms with E-state index >= 15 is 0 Å². The number of nitrogens with zero attached hydrogens (tertiary/aromatic N) is 1. The molecule has 0 radical (unpaired) electrons. The van der Waals surface area contributed by atoms with Crippen molar-refractivity contribution in [2.75, 3.05) is 18.4 Å². The molecule has 21 heavy (non-hydrogen) atoms. The number of rotatable bonds is 5. The lowest BCUT2D eigenvalue weighted by molar-refractivity contribution is -0.137. The number of carboxylic acid groups (broad SMARTS) is 1. The van der Waals surface area contributed by atoms with Crippen molar-refractivity contribution in [3.05, 3.63) is 23.7 Å². The van der Waals surface area contributed by atoms with Crippen LogP contribution in [0.4, 0.5) is 10.5 Å². The van der Waals surface area contributed by atoms with E-state index in [9.17, 15) is 14.4 Å². The second-order valence-corrected chi connectivity index (χ2v) is 4.90. The number of amides is 3. The van der Waals surface area contributed by atoms with Gasteiger partial charge < -0.3 is 21.1 Å². The van der Waals surface area contributed by atoms with Gasteiger partial charge >= 0.3 is 12.0 Å². The van der Waals surface area contributed by atoms with Gasteiger partial charge in [-0.3, -0.25) is 9.59 Å². The summed E-state index contributed by atoms with van der Waals surface area (Å²) in [4.78, 5) is 37.2. The Morgan fingerprint density at radius 1 is 1.19 bits per heavy atom. The topological polar surface area (TPSA) is 120 Å². The fourth-order valence-electron chi connectivity index (χ4n) is 1.51. The number of anilines is 1. The standard InChI is InChI=1S/C12H12N4O4S/c17-10(13-5-11(18)19)4-14-12(20)16-7-1-2-8-9(3-7)21-6-15-8/h1-3,6H,4-5H2,(H,13,17)(H,18,19)(H2,14,16,20). The Morgan fingerprint density at radius 3 is 2.76 bits per heavy atom. The first-order valence-corrected chi connectivity index (χ1v) is 6.79. The minimum absolute atomic E-state index is 0.304. The Kier molecular flexibility index (Phi) is 4.67. The van der Waals surface area contributed by atoms with E-state index in [0.29, 0.717) is 5.69 Å². The van der Waals surface area contributed by atoms with Crippen molar-refractivity contribution in [3.8, 4) is 0 Å². The first kappa shape index (κ1) is 14.7. The molecule has 1 aromatic carbocycles. The van der Waals surface area contributed by atoms with Crippen molar-refractivity contribution in [3.63, 3.8) is 0 Å². The molecule has 0 aliphatic carbocycles. The van der Waals surface area contributed by atoms with Gasteiger partial charge in [0.05, 0.1) is 22.3 Å². The van der Waals surface area contributed by atoms with E-state index in [1.807, 2.05) is 0 Å². The number of aliphatic carboxylic acids is 1. The molecule has 0 unspecified atom stereocenters. The molecule has 1 heterocycles. The van der Waals surface area contributed by atoms with Crippen molar-refractivity contribution in [1.29, 1.82) is 0 Å². The van der Waals surface area contributed by atoms with E-state index in [1.165, 1.54) is 11.3 Å². The van der Waals surface area contributed by atoms with E-state index < -0.39 is 24.5 Å². The number of aromatic nitrogens is 1. The first-order chi connectivity index (χ1) is 10.0. The van der Waals surface area contributed by atoms with Gasteiger partial charge in [0.1, 0.15) is 6.54 Å². The lowest BCUT2D eigenvalue weighted by Crippen LogP contribution is -2.40. The van der Waals surface area contributed by atoms with Gasteiger partial charge in [-0.25, -0.2) is 9.78 Å². The highest BCUT2D eigenvalue weighted by molar-refractivity contribution is 7.16. The molecule has 0 aliphatic heterocycles. The Bertz CT molecular complexity index is 685. The molecule has 0 atom stereocenters. The predicted octanol–water partition coefficient (Wildman–Crippen LogP) is 0.619. The van der Waals surface area contributed by atoms with Crippen LogP contribution in [0.25, 0.3) is 10.2 Å². The van der Waals surface area contributed by atoms with Crippen LogP contribution in [-0.4, -0.2) is 41.1 Å². The Hall–Kier alpha value is -2.68. The SMILES string of the molecule is O=C(O)CNC(=O)CNC(=O)Nc1ccc2ncsc2c1. The Balaban J connectivity index is 1.81. The number of carbonyl (C=O) groups excluding carboxylic acids is 2. The van der Waals surface area contributed by atoms with Gasteiger partial charge in [0, 0.05) is 5.69 Å². The van der Waals surface area contributed by atoms with Crippen molar-refractivity contribution in [1.82, 2.24) is 15.6 Å². The second-order valence-electron chi connectivity index (χ2n) is 4.01. The minimum Gasteiger partial charge on any atom is -0.480 e. The van der Waals surface area contributed by atoms with Gasteiger partial charge in [-0.05, 0) is 18.2 Å². The number of fused-ring (bicyclic) bond motifs is 1. The smallest absolute Gasteiger partial charge is 0.322 e. The minimum atomic E-state index is -1.15. The summed E-state index contributed by atoms with van der Waals surface area (Å²) in [6.45, 7) is -0.786. The van der Waals surface area contributed by atoms with Gasteiger partial charge in [0.2, 0.25) is 5.91 Å². The third-order valence-corrected chi connectivity index (χ3v) is 3.23. The molecule has 0 aliphatic rings. The fraction of sp³-hybridized carbons (Fsp3) is 0.167. The van der Waals surface area contributed by atoms with Crippen LogP contribution in [0.1, 0.15) is 0 Å². The molecule has 0 spiro atoms. The molecule has 9 heteroatoms. The lowest BCUT2D eigenvalue weighted by Gasteiger charge is -2.07. The molecule has 0 saturated carbocycles. The van der Waals surface area contributed by atoms with Gasteiger partial charge in [-0.1, -0.05) is 0 Å². The molecule has 0 fully saturated rings. The highest BCUT2D eigenvalue weighted by Gasteiger charge is 2.07. The highest BCUT2D eigenvalue weighted by atomic mass is 32.1. The average Bonchev–Trinajstić information content (AvgIpc) is 2.90. The maximum atomic E-state index is 11.6. The molecule has 1 aromatic heterocycles. The molecule has 8 nitrogen and oxygen atoms in total. The predicted molar refractivity (Wildman–Crippen MR) is 77.3 cm³/mol. The number of hydrogen-bond acceptors (Lipinski definition) is 5. The van der Waals surface area contributed by atoms with E-state index in [0.717, 1.165) is 10.2 Å². The zero-order chi connectivity index (χ0) is 15.2. The maximum Gasteiger partial charge on any atom is 0.322 e. The molecule has 0 bridgehead atoms. The number of hydrogen-bond donors (Lipinski definition) is 4. The number of thiazole rings is 1. The summed E-state index contributed by atoms with van der Waals surface area (Å²) in [5, 5.41) is 15.4. The number of benzene rings is 1. The van der Waals surface area contributed by atoms with Gasteiger partial charge in [0.25, 0.3) is 0 Å². The summed E-state index contributed by atoms with van der Waals surface area (Å²) < 4.78 is 0.937. The highest BCUT2D eigenvalue weighted by Crippen LogP contribution is 2.21. The summed E-state index contributed by atoms with van der Waals surface area (Å²) in [5.41, 5.74) is 3.13. The third-order valence-electron chi connectivity index (χ3n) is 2.44. The van der Waals surface area contributed by atoms with Crippen molar-refractivity contribution < 1.29 is 19.5 Å². The summed E-state index contributed by atoms with van der Waals surface area (Å²) in [6, 6.07) is 4.70. The van der Waals surface area contributed by atoms with Crippen LogP contribution in [0.15, 0.2) is 23.7 Å². The third kappa shape index (κ3) is 4.42. The van der Waals surface area contributed by atoms with Crippen LogP contribution >= 0.6 is 11.3 Å². The molecular formula is C12H12N4O4S. The van der Waals surface area contributed by atoms with Gasteiger partial charge in [-0.2, -0.15) is 0 Å². The van der Waals surface area contributed by atoms with Crippen LogP contribution < -0.4 is 16.0 Å². The molecular weight excluding hydrogens is 296 g/mol. The van der Waals surface area contributed by atoms with E-state index in [4.69, 9.17) is 5.11 Å². The van der Waals surface area contributed by atoms with Crippen LogP contribution in [0, 0.1) is 0 Å². The number of carboxylic acids is 1. The van der Waals surface area contributed by atoms with Gasteiger partial charge in [0.15, 0.2) is 0 Å². The zero-order valence-electron chi connectivity index (χ0n) is 10.8. The second kappa shape index (κ2) is 6.66. The van der Waals surface area contributed by atoms with Crippen LogP contribution in [-0.2, 0) is 9.59 Å². The van der Waals surface area contributed by atoms with Crippen molar-refractivity contribution in [2.45, 2.75) is 0 Å². The monoisotopic (exact) mass is 308 g/mol. The summed E-state index contributed by atoms with van der Waals surface area (Å²) in [5.74, 6) is -1.73. The summed E-state index contributed by atoms with van der Waals surface area (Å²) in [7, 11) is 0. The number of urea groups is 1. The lowest BCUT2D eigenvalue weighted by atomic mass is 10.3. The van der Waals surface area contributed by atoms with Crippen LogP contribution in [0.3, 0.4) is 0 Å². The first-order valence-electron chi connectivity index (χ1n) is 5.91. The molecule has 0 saturated heterocycles. The molecule has 3 amide bonds. The summed E-state index contributed by atoms with van der Waals surface area (Å²) in [6.07, 6.45) is 0. The Morgan fingerprint density at radius 2 is 2.00 bits per heavy atom. The summed E-state index contributed by atoms with van der Waals surface area (Å²) >= 11 is 1.45. The maximum absolute atomic E-state index is 11.6. The fourth-order valence-corrected chi connectivity index (χ4v) is 2.22. The van der Waals surface area contributed by atoms with E-state index in [1.54, 1.807) is 23.7 Å². The zero-order valence-corrected chi connectivity index (χ0v) is 11.6. The quantitative estimate of drug-likeness (QED) is 0.645. The van der Waals surface area contributed by atoms with Crippen molar-refractivity contribution in [2.24, 2.45) is 0 Å². The van der Waals surface area contributed by atoms with Crippen LogP contribution in [0.5, 0.6) is 0 Å². The average molecular weight is 308 g/mol. The molecule has 110 valence electrons. The van der Waals surface area contributed by atoms with E-state index in [-0.39, 0.29) is 6.54 Å². The Labute approximate surface area is 123 Å². The normalized spacial score (nSPS) is 10.1. The molecule has 2 aromatic rings. The number of nitrogens with one attached hydrogen (secondary N) is 3. The van der Waals surface area contributed by atoms with E-state index in [2.05, 4.69) is 20.9 Å². The molecule has 4 N–H and O–H groups in total. The van der Waals surface area contributed by atoms with Crippen LogP contribution in [0.2, 0.25) is 0 Å².